The summed E-state index contributed by atoms with van der Waals surface area (Å²) in [7, 11) is 0. The molecule has 0 bridgehead atoms. The minimum atomic E-state index is -0.318. The number of likely N-dealkylation sites (tertiary alicyclic amines) is 1. The van der Waals surface area contributed by atoms with Crippen LogP contribution in [-0.4, -0.2) is 59.2 Å². The number of carbonyl (C=O) groups is 1. The van der Waals surface area contributed by atoms with Crippen LogP contribution in [0.1, 0.15) is 77.7 Å². The summed E-state index contributed by atoms with van der Waals surface area (Å²) < 4.78 is 7.03. The largest absolute Gasteiger partial charge is 0.462 e. The summed E-state index contributed by atoms with van der Waals surface area (Å²) in [5.41, 5.74) is 0.979. The Morgan fingerprint density at radius 1 is 1.21 bits per heavy atom. The van der Waals surface area contributed by atoms with Crippen LogP contribution in [0.4, 0.5) is 0 Å². The van der Waals surface area contributed by atoms with E-state index in [1.165, 1.54) is 56.8 Å². The molecule has 29 heavy (non-hydrogen) atoms. The standard InChI is InChI=1S/C18H32N4.C5H10O2/c1-15(2)13-17-14-22(12-11-21-9-3-4-10-21)18(20-17)16-5-7-19-8-6-16;1-5(2,3)7-4-6/h14-16,19H,3-13H2,1-2H3;4H,1-3H3. The fraction of sp³-hybridized carbons (Fsp3) is 0.826. The van der Waals surface area contributed by atoms with Gasteiger partial charge in [0.25, 0.3) is 6.47 Å². The number of nitrogens with zero attached hydrogens (tertiary/aromatic N) is 3. The van der Waals surface area contributed by atoms with Crippen molar-refractivity contribution < 1.29 is 9.53 Å². The Morgan fingerprint density at radius 3 is 2.38 bits per heavy atom. The molecule has 0 atom stereocenters. The zero-order valence-corrected chi connectivity index (χ0v) is 19.2. The molecular formula is C23H42N4O2. The molecule has 2 aliphatic rings. The van der Waals surface area contributed by atoms with Crippen molar-refractivity contribution >= 4 is 6.47 Å². The van der Waals surface area contributed by atoms with Crippen LogP contribution in [0.15, 0.2) is 6.20 Å². The summed E-state index contributed by atoms with van der Waals surface area (Å²) in [5.74, 6) is 2.69. The molecule has 2 saturated heterocycles. The number of imidazole rings is 1. The average Bonchev–Trinajstić information content (AvgIpc) is 3.29. The Kier molecular flexibility index (Phi) is 9.63. The van der Waals surface area contributed by atoms with Crippen molar-refractivity contribution in [1.82, 2.24) is 19.8 Å². The zero-order valence-electron chi connectivity index (χ0n) is 19.2. The van der Waals surface area contributed by atoms with Crippen LogP contribution in [0.2, 0.25) is 0 Å². The van der Waals surface area contributed by atoms with Crippen molar-refractivity contribution in [1.29, 1.82) is 0 Å². The number of aromatic nitrogens is 2. The van der Waals surface area contributed by atoms with Gasteiger partial charge in [-0.25, -0.2) is 4.98 Å². The number of nitrogens with one attached hydrogen (secondary N) is 1. The Bertz CT molecular complexity index is 595. The Hall–Kier alpha value is -1.40. The van der Waals surface area contributed by atoms with Gasteiger partial charge in [0.05, 0.1) is 5.69 Å². The fourth-order valence-corrected chi connectivity index (χ4v) is 3.99. The van der Waals surface area contributed by atoms with E-state index < -0.39 is 0 Å². The van der Waals surface area contributed by atoms with Crippen molar-refractivity contribution in [3.05, 3.63) is 17.7 Å². The second-order valence-corrected chi connectivity index (χ2v) is 9.78. The van der Waals surface area contributed by atoms with Gasteiger partial charge in [-0.1, -0.05) is 13.8 Å². The van der Waals surface area contributed by atoms with Crippen LogP contribution < -0.4 is 5.32 Å². The van der Waals surface area contributed by atoms with Gasteiger partial charge in [0, 0.05) is 25.2 Å². The second-order valence-electron chi connectivity index (χ2n) is 9.78. The van der Waals surface area contributed by atoms with E-state index in [0.717, 1.165) is 26.1 Å². The number of rotatable bonds is 7. The maximum atomic E-state index is 9.60. The molecule has 166 valence electrons. The van der Waals surface area contributed by atoms with E-state index in [-0.39, 0.29) is 5.60 Å². The molecule has 3 heterocycles. The monoisotopic (exact) mass is 406 g/mol. The molecule has 3 rings (SSSR count). The topological polar surface area (TPSA) is 59.4 Å². The number of piperidine rings is 1. The highest BCUT2D eigenvalue weighted by Crippen LogP contribution is 2.25. The Balaban J connectivity index is 0.000000370. The highest BCUT2D eigenvalue weighted by atomic mass is 16.5. The lowest BCUT2D eigenvalue weighted by Gasteiger charge is -2.24. The van der Waals surface area contributed by atoms with Crippen LogP contribution in [0, 0.1) is 5.92 Å². The third kappa shape index (κ3) is 8.87. The van der Waals surface area contributed by atoms with Gasteiger partial charge >= 0.3 is 0 Å². The molecule has 2 fully saturated rings. The first kappa shape index (κ1) is 23.9. The van der Waals surface area contributed by atoms with Gasteiger partial charge in [0.1, 0.15) is 11.4 Å². The second kappa shape index (κ2) is 11.7. The lowest BCUT2D eigenvalue weighted by atomic mass is 9.97. The SMILES string of the molecule is CC(C)(C)OC=O.CC(C)Cc1cn(CCN2CCCC2)c(C2CCNCC2)n1. The minimum absolute atomic E-state index is 0.318. The van der Waals surface area contributed by atoms with Crippen LogP contribution in [0.5, 0.6) is 0 Å². The van der Waals surface area contributed by atoms with Gasteiger partial charge < -0.3 is 19.5 Å². The molecule has 0 unspecified atom stereocenters. The predicted molar refractivity (Wildman–Crippen MR) is 118 cm³/mol. The summed E-state index contributed by atoms with van der Waals surface area (Å²) in [6.45, 7) is 17.7. The normalized spacial score (nSPS) is 18.6. The molecule has 0 spiro atoms. The van der Waals surface area contributed by atoms with Crippen molar-refractivity contribution in [3.63, 3.8) is 0 Å². The first-order chi connectivity index (χ1) is 13.8. The van der Waals surface area contributed by atoms with Crippen molar-refractivity contribution in [2.75, 3.05) is 32.7 Å². The Labute approximate surface area is 177 Å². The molecule has 6 heteroatoms. The van der Waals surface area contributed by atoms with E-state index in [0.29, 0.717) is 18.3 Å². The van der Waals surface area contributed by atoms with E-state index >= 15 is 0 Å². The van der Waals surface area contributed by atoms with Crippen molar-refractivity contribution in [3.8, 4) is 0 Å². The van der Waals surface area contributed by atoms with Gasteiger partial charge in [0.2, 0.25) is 0 Å². The molecule has 1 aromatic heterocycles. The van der Waals surface area contributed by atoms with E-state index in [9.17, 15) is 4.79 Å². The van der Waals surface area contributed by atoms with Gasteiger partial charge in [-0.2, -0.15) is 0 Å². The van der Waals surface area contributed by atoms with E-state index in [1.807, 2.05) is 20.8 Å². The van der Waals surface area contributed by atoms with Gasteiger partial charge in [-0.05, 0) is 85.0 Å². The average molecular weight is 407 g/mol. The quantitative estimate of drug-likeness (QED) is 0.701. The van der Waals surface area contributed by atoms with E-state index in [2.05, 4.69) is 39.6 Å². The number of carbonyl (C=O) groups excluding carboxylic acids is 1. The van der Waals surface area contributed by atoms with Gasteiger partial charge in [-0.15, -0.1) is 0 Å². The molecule has 0 amide bonds. The van der Waals surface area contributed by atoms with Crippen molar-refractivity contribution in [2.24, 2.45) is 5.92 Å². The molecule has 0 aliphatic carbocycles. The summed E-state index contributed by atoms with van der Waals surface area (Å²) in [4.78, 5) is 17.2. The first-order valence-electron chi connectivity index (χ1n) is 11.4. The number of hydrogen-bond donors (Lipinski definition) is 1. The van der Waals surface area contributed by atoms with Crippen LogP contribution >= 0.6 is 0 Å². The molecule has 1 aromatic rings. The number of ether oxygens (including phenoxy) is 1. The molecule has 1 N–H and O–H groups in total. The predicted octanol–water partition coefficient (Wildman–Crippen LogP) is 3.60. The van der Waals surface area contributed by atoms with Gasteiger partial charge in [-0.3, -0.25) is 4.79 Å². The molecule has 2 aliphatic heterocycles. The Morgan fingerprint density at radius 2 is 1.86 bits per heavy atom. The molecule has 0 radical (unpaired) electrons. The zero-order chi connectivity index (χ0) is 21.3. The third-order valence-electron chi connectivity index (χ3n) is 5.44. The molecule has 6 nitrogen and oxygen atoms in total. The third-order valence-corrected chi connectivity index (χ3v) is 5.44. The first-order valence-corrected chi connectivity index (χ1v) is 11.4. The molecule has 0 aromatic carbocycles. The maximum absolute atomic E-state index is 9.60. The smallest absolute Gasteiger partial charge is 0.293 e. The summed E-state index contributed by atoms with van der Waals surface area (Å²) >= 11 is 0. The van der Waals surface area contributed by atoms with E-state index in [4.69, 9.17) is 4.98 Å². The summed E-state index contributed by atoms with van der Waals surface area (Å²) in [6, 6.07) is 0. The molecular weight excluding hydrogens is 364 g/mol. The van der Waals surface area contributed by atoms with Crippen LogP contribution in [-0.2, 0) is 22.5 Å². The highest BCUT2D eigenvalue weighted by Gasteiger charge is 2.22. The lowest BCUT2D eigenvalue weighted by molar-refractivity contribution is -0.138. The highest BCUT2D eigenvalue weighted by molar-refractivity contribution is 5.37. The number of hydrogen-bond acceptors (Lipinski definition) is 5. The van der Waals surface area contributed by atoms with Crippen LogP contribution in [0.25, 0.3) is 0 Å². The van der Waals surface area contributed by atoms with Gasteiger partial charge in [0.15, 0.2) is 0 Å². The van der Waals surface area contributed by atoms with E-state index in [1.54, 1.807) is 0 Å². The fourth-order valence-electron chi connectivity index (χ4n) is 3.99. The van der Waals surface area contributed by atoms with Crippen LogP contribution in [0.3, 0.4) is 0 Å². The van der Waals surface area contributed by atoms with Crippen molar-refractivity contribution in [2.45, 2.75) is 84.8 Å². The summed E-state index contributed by atoms with van der Waals surface area (Å²) in [5, 5.41) is 3.47. The molecule has 0 saturated carbocycles. The summed E-state index contributed by atoms with van der Waals surface area (Å²) in [6.07, 6.45) is 8.68. The minimum Gasteiger partial charge on any atom is -0.462 e. The maximum Gasteiger partial charge on any atom is 0.293 e. The lowest BCUT2D eigenvalue weighted by Crippen LogP contribution is -2.29.